The van der Waals surface area contributed by atoms with Gasteiger partial charge in [-0.3, -0.25) is 0 Å². The van der Waals surface area contributed by atoms with E-state index in [0.29, 0.717) is 33.4 Å². The molecule has 0 atom stereocenters. The number of aryl methyl sites for hydroxylation is 1. The number of benzene rings is 2. The normalized spacial score (nSPS) is 11.0. The lowest BCUT2D eigenvalue weighted by molar-refractivity contribution is 0.462. The van der Waals surface area contributed by atoms with Crippen molar-refractivity contribution in [2.45, 2.75) is 6.92 Å². The van der Waals surface area contributed by atoms with E-state index in [1.807, 2.05) is 19.1 Å². The van der Waals surface area contributed by atoms with Crippen LogP contribution in [-0.2, 0) is 0 Å². The average molecular weight is 368 g/mol. The van der Waals surface area contributed by atoms with Gasteiger partial charge in [0.1, 0.15) is 29.4 Å². The van der Waals surface area contributed by atoms with Gasteiger partial charge in [-0.1, -0.05) is 11.6 Å². The molecule has 0 saturated carbocycles. The first-order valence-electron chi connectivity index (χ1n) is 7.82. The van der Waals surface area contributed by atoms with Crippen molar-refractivity contribution in [3.05, 3.63) is 59.4 Å². The molecule has 0 saturated heterocycles. The van der Waals surface area contributed by atoms with Crippen molar-refractivity contribution in [3.8, 4) is 22.8 Å². The van der Waals surface area contributed by atoms with Gasteiger partial charge in [0.2, 0.25) is 5.71 Å². The minimum Gasteiger partial charge on any atom is -0.508 e. The van der Waals surface area contributed by atoms with Gasteiger partial charge in [-0.05, 0) is 43.3 Å². The quantitative estimate of drug-likeness (QED) is 0.348. The zero-order valence-corrected chi connectivity index (χ0v) is 14.4. The van der Waals surface area contributed by atoms with Crippen molar-refractivity contribution in [3.63, 3.8) is 0 Å². The van der Waals surface area contributed by atoms with Gasteiger partial charge in [0.25, 0.3) is 0 Å². The Hall–Kier alpha value is -3.25. The highest BCUT2D eigenvalue weighted by Crippen LogP contribution is 2.37. The number of aromatic hydroxyl groups is 2. The van der Waals surface area contributed by atoms with Crippen LogP contribution in [-0.4, -0.2) is 20.2 Å². The van der Waals surface area contributed by atoms with Gasteiger partial charge in [0, 0.05) is 22.2 Å². The predicted octanol–water partition coefficient (Wildman–Crippen LogP) is 5.01. The standard InChI is InChI=1S/C19H14ClN3O3/c1-10-16-18(23-14-8-13(24)6-7-15(14)25)21-9-22-19(16)26-17(10)11-2-4-12(20)5-3-11/h2-9,24-25H,1H3,(H,21,22,23). The number of nitrogens with zero attached hydrogens (tertiary/aromatic N) is 2. The number of furan rings is 1. The summed E-state index contributed by atoms with van der Waals surface area (Å²) in [5.41, 5.74) is 2.48. The smallest absolute Gasteiger partial charge is 0.232 e. The van der Waals surface area contributed by atoms with Crippen molar-refractivity contribution in [2.24, 2.45) is 0 Å². The van der Waals surface area contributed by atoms with E-state index in [-0.39, 0.29) is 11.5 Å². The number of rotatable bonds is 3. The summed E-state index contributed by atoms with van der Waals surface area (Å²) in [6.45, 7) is 1.91. The van der Waals surface area contributed by atoms with Crippen LogP contribution < -0.4 is 5.32 Å². The highest BCUT2D eigenvalue weighted by molar-refractivity contribution is 6.30. The van der Waals surface area contributed by atoms with Crippen LogP contribution in [0.4, 0.5) is 11.5 Å². The molecule has 0 fully saturated rings. The second-order valence-corrected chi connectivity index (χ2v) is 6.23. The van der Waals surface area contributed by atoms with Crippen molar-refractivity contribution < 1.29 is 14.6 Å². The fourth-order valence-corrected chi connectivity index (χ4v) is 2.92. The van der Waals surface area contributed by atoms with Gasteiger partial charge in [-0.15, -0.1) is 0 Å². The summed E-state index contributed by atoms with van der Waals surface area (Å²) in [6, 6.07) is 11.5. The largest absolute Gasteiger partial charge is 0.508 e. The molecule has 26 heavy (non-hydrogen) atoms. The first kappa shape index (κ1) is 16.2. The first-order valence-corrected chi connectivity index (χ1v) is 8.20. The summed E-state index contributed by atoms with van der Waals surface area (Å²) in [5.74, 6) is 1.16. The van der Waals surface area contributed by atoms with Crippen molar-refractivity contribution >= 4 is 34.2 Å². The second kappa shape index (κ2) is 6.24. The van der Waals surface area contributed by atoms with Crippen LogP contribution in [0.2, 0.25) is 5.02 Å². The lowest BCUT2D eigenvalue weighted by atomic mass is 10.1. The number of aromatic nitrogens is 2. The molecule has 0 bridgehead atoms. The molecule has 7 heteroatoms. The van der Waals surface area contributed by atoms with Crippen molar-refractivity contribution in [2.75, 3.05) is 5.32 Å². The van der Waals surface area contributed by atoms with E-state index in [0.717, 1.165) is 11.1 Å². The van der Waals surface area contributed by atoms with Crippen LogP contribution >= 0.6 is 11.6 Å². The Kier molecular flexibility index (Phi) is 3.89. The number of anilines is 2. The topological polar surface area (TPSA) is 91.4 Å². The molecule has 2 aromatic heterocycles. The fraction of sp³-hybridized carbons (Fsp3) is 0.0526. The summed E-state index contributed by atoms with van der Waals surface area (Å²) < 4.78 is 5.91. The maximum atomic E-state index is 9.99. The summed E-state index contributed by atoms with van der Waals surface area (Å²) in [5, 5.41) is 24.0. The zero-order chi connectivity index (χ0) is 18.3. The molecule has 0 unspecified atom stereocenters. The lowest BCUT2D eigenvalue weighted by Crippen LogP contribution is -1.96. The number of halogens is 1. The number of hydrogen-bond donors (Lipinski definition) is 3. The number of phenolic OH excluding ortho intramolecular Hbond substituents is 2. The Balaban J connectivity index is 1.84. The van der Waals surface area contributed by atoms with Crippen LogP contribution in [0, 0.1) is 6.92 Å². The molecular weight excluding hydrogens is 354 g/mol. The third-order valence-corrected chi connectivity index (χ3v) is 4.32. The predicted molar refractivity (Wildman–Crippen MR) is 100 cm³/mol. The summed E-state index contributed by atoms with van der Waals surface area (Å²) >= 11 is 5.95. The monoisotopic (exact) mass is 367 g/mol. The maximum absolute atomic E-state index is 9.99. The molecule has 0 aliphatic heterocycles. The van der Waals surface area contributed by atoms with E-state index in [9.17, 15) is 10.2 Å². The third-order valence-electron chi connectivity index (χ3n) is 4.07. The van der Waals surface area contributed by atoms with Gasteiger partial charge in [-0.25, -0.2) is 9.97 Å². The number of hydrogen-bond acceptors (Lipinski definition) is 6. The van der Waals surface area contributed by atoms with Crippen molar-refractivity contribution in [1.82, 2.24) is 9.97 Å². The summed E-state index contributed by atoms with van der Waals surface area (Å²) in [4.78, 5) is 8.45. The molecule has 2 aromatic carbocycles. The van der Waals surface area contributed by atoms with E-state index in [4.69, 9.17) is 16.0 Å². The lowest BCUT2D eigenvalue weighted by Gasteiger charge is -2.09. The molecule has 0 radical (unpaired) electrons. The highest BCUT2D eigenvalue weighted by atomic mass is 35.5. The third kappa shape index (κ3) is 2.80. The van der Waals surface area contributed by atoms with Crippen LogP contribution in [0.15, 0.2) is 53.2 Å². The van der Waals surface area contributed by atoms with E-state index >= 15 is 0 Å². The molecule has 2 heterocycles. The number of fused-ring (bicyclic) bond motifs is 1. The molecule has 0 amide bonds. The van der Waals surface area contributed by atoms with Gasteiger partial charge >= 0.3 is 0 Å². The van der Waals surface area contributed by atoms with Crippen LogP contribution in [0.1, 0.15) is 5.56 Å². The number of nitrogens with one attached hydrogen (secondary N) is 1. The molecule has 0 aliphatic rings. The Labute approximate surface area is 153 Å². The van der Waals surface area contributed by atoms with E-state index in [1.165, 1.54) is 24.5 Å². The van der Waals surface area contributed by atoms with E-state index in [2.05, 4.69) is 15.3 Å². The molecule has 0 spiro atoms. The Morgan fingerprint density at radius 1 is 1.04 bits per heavy atom. The molecular formula is C19H14ClN3O3. The first-order chi connectivity index (χ1) is 12.5. The fourth-order valence-electron chi connectivity index (χ4n) is 2.79. The highest BCUT2D eigenvalue weighted by Gasteiger charge is 2.18. The Morgan fingerprint density at radius 3 is 2.58 bits per heavy atom. The van der Waals surface area contributed by atoms with Crippen LogP contribution in [0.25, 0.3) is 22.4 Å². The zero-order valence-electron chi connectivity index (χ0n) is 13.7. The Bertz CT molecular complexity index is 1110. The molecule has 4 aromatic rings. The van der Waals surface area contributed by atoms with Gasteiger partial charge < -0.3 is 19.9 Å². The molecule has 130 valence electrons. The van der Waals surface area contributed by atoms with Gasteiger partial charge in [-0.2, -0.15) is 0 Å². The summed E-state index contributed by atoms with van der Waals surface area (Å²) in [6.07, 6.45) is 1.37. The SMILES string of the molecule is Cc1c(-c2ccc(Cl)cc2)oc2ncnc(Nc3cc(O)ccc3O)c12. The average Bonchev–Trinajstić information content (AvgIpc) is 2.97. The molecule has 0 aliphatic carbocycles. The Morgan fingerprint density at radius 2 is 1.81 bits per heavy atom. The molecule has 4 rings (SSSR count). The minimum atomic E-state index is -0.00589. The van der Waals surface area contributed by atoms with Crippen LogP contribution in [0.3, 0.4) is 0 Å². The van der Waals surface area contributed by atoms with E-state index in [1.54, 1.807) is 12.1 Å². The van der Waals surface area contributed by atoms with Crippen LogP contribution in [0.5, 0.6) is 11.5 Å². The van der Waals surface area contributed by atoms with Gasteiger partial charge in [0.15, 0.2) is 0 Å². The minimum absolute atomic E-state index is 0.00589. The van der Waals surface area contributed by atoms with Gasteiger partial charge in [0.05, 0.1) is 11.1 Å². The van der Waals surface area contributed by atoms with E-state index < -0.39 is 0 Å². The second-order valence-electron chi connectivity index (χ2n) is 5.79. The molecule has 3 N–H and O–H groups in total. The molecule has 6 nitrogen and oxygen atoms in total. The number of phenols is 2. The summed E-state index contributed by atoms with van der Waals surface area (Å²) in [7, 11) is 0. The maximum Gasteiger partial charge on any atom is 0.232 e. The van der Waals surface area contributed by atoms with Crippen molar-refractivity contribution in [1.29, 1.82) is 0 Å².